The number of nitriles is 1. The van der Waals surface area contributed by atoms with Crippen molar-refractivity contribution < 1.29 is 14.3 Å². The van der Waals surface area contributed by atoms with E-state index >= 15 is 0 Å². The second-order valence-electron chi connectivity index (χ2n) is 6.30. The second kappa shape index (κ2) is 9.39. The number of carbonyl (C=O) groups is 2. The number of rotatable bonds is 7. The summed E-state index contributed by atoms with van der Waals surface area (Å²) in [7, 11) is 0. The van der Waals surface area contributed by atoms with E-state index in [4.69, 9.17) is 10.00 Å². The molecule has 2 rings (SSSR count). The molecule has 2 N–H and O–H groups in total. The minimum Gasteiger partial charge on any atom is -0.483 e. The van der Waals surface area contributed by atoms with E-state index in [1.807, 2.05) is 39.0 Å². The normalized spacial score (nSPS) is 10.0. The Bertz CT molecular complexity index is 885. The number of amides is 2. The number of carbonyl (C=O) groups excluding carboxylic acids is 2. The summed E-state index contributed by atoms with van der Waals surface area (Å²) < 4.78 is 5.70. The molecule has 6 heteroatoms. The Labute approximate surface area is 159 Å². The van der Waals surface area contributed by atoms with Crippen LogP contribution in [0.3, 0.4) is 0 Å². The Kier molecular flexibility index (Phi) is 6.95. The summed E-state index contributed by atoms with van der Waals surface area (Å²) in [5.74, 6) is 0.151. The maximum absolute atomic E-state index is 12.1. The van der Waals surface area contributed by atoms with Gasteiger partial charge < -0.3 is 15.4 Å². The molecule has 0 aliphatic carbocycles. The molecule has 6 nitrogen and oxygen atoms in total. The van der Waals surface area contributed by atoms with E-state index in [2.05, 4.69) is 10.6 Å². The molecule has 2 aromatic rings. The minimum atomic E-state index is -0.365. The zero-order valence-corrected chi connectivity index (χ0v) is 15.8. The molecule has 0 aliphatic heterocycles. The first-order valence-corrected chi connectivity index (χ1v) is 8.62. The Morgan fingerprint density at radius 1 is 1.07 bits per heavy atom. The highest BCUT2D eigenvalue weighted by molar-refractivity contribution is 5.92. The van der Waals surface area contributed by atoms with Gasteiger partial charge in [-0.25, -0.2) is 0 Å². The largest absolute Gasteiger partial charge is 0.483 e. The molecule has 2 amide bonds. The van der Waals surface area contributed by atoms with Crippen molar-refractivity contribution in [1.82, 2.24) is 5.32 Å². The highest BCUT2D eigenvalue weighted by Crippen LogP contribution is 2.25. The molecule has 0 atom stereocenters. The van der Waals surface area contributed by atoms with Crippen LogP contribution in [0.2, 0.25) is 0 Å². The minimum absolute atomic E-state index is 0.0657. The van der Waals surface area contributed by atoms with Crippen molar-refractivity contribution in [2.75, 3.05) is 11.9 Å². The Morgan fingerprint density at radius 3 is 2.56 bits per heavy atom. The van der Waals surface area contributed by atoms with Crippen molar-refractivity contribution in [2.24, 2.45) is 0 Å². The fourth-order valence-electron chi connectivity index (χ4n) is 2.57. The zero-order valence-electron chi connectivity index (χ0n) is 15.8. The van der Waals surface area contributed by atoms with E-state index in [1.54, 1.807) is 24.3 Å². The fourth-order valence-corrected chi connectivity index (χ4v) is 2.57. The summed E-state index contributed by atoms with van der Waals surface area (Å²) in [6, 6.07) is 12.9. The number of ether oxygens (including phenoxy) is 1. The highest BCUT2D eigenvalue weighted by atomic mass is 16.5. The SMILES string of the molecule is Cc1ccc(C)c(OCC(=O)NCc2cccc(NC(=O)CC#N)c2)c1C. The lowest BCUT2D eigenvalue weighted by Gasteiger charge is -2.14. The summed E-state index contributed by atoms with van der Waals surface area (Å²) >= 11 is 0. The van der Waals surface area contributed by atoms with Crippen molar-refractivity contribution in [3.63, 3.8) is 0 Å². The Hall–Kier alpha value is -3.33. The molecule has 0 saturated heterocycles. The van der Waals surface area contributed by atoms with Gasteiger partial charge in [0.2, 0.25) is 5.91 Å². The summed E-state index contributed by atoms with van der Waals surface area (Å²) in [6.45, 7) is 6.18. The number of anilines is 1. The van der Waals surface area contributed by atoms with E-state index in [9.17, 15) is 9.59 Å². The van der Waals surface area contributed by atoms with E-state index in [-0.39, 0.29) is 24.8 Å². The second-order valence-corrected chi connectivity index (χ2v) is 6.30. The summed E-state index contributed by atoms with van der Waals surface area (Å²) in [6.07, 6.45) is -0.198. The first kappa shape index (κ1) is 20.0. The van der Waals surface area contributed by atoms with Gasteiger partial charge in [-0.05, 0) is 55.2 Å². The third-order valence-electron chi connectivity index (χ3n) is 4.16. The summed E-state index contributed by atoms with van der Waals surface area (Å²) in [5.41, 5.74) is 4.56. The molecule has 0 fully saturated rings. The van der Waals surface area contributed by atoms with Crippen LogP contribution in [-0.2, 0) is 16.1 Å². The number of hydrogen-bond donors (Lipinski definition) is 2. The van der Waals surface area contributed by atoms with Gasteiger partial charge in [-0.1, -0.05) is 24.3 Å². The van der Waals surface area contributed by atoms with Crippen LogP contribution < -0.4 is 15.4 Å². The third kappa shape index (κ3) is 5.86. The first-order valence-electron chi connectivity index (χ1n) is 8.62. The quantitative estimate of drug-likeness (QED) is 0.788. The van der Waals surface area contributed by atoms with Crippen LogP contribution in [0.4, 0.5) is 5.69 Å². The van der Waals surface area contributed by atoms with Crippen LogP contribution in [0.5, 0.6) is 5.75 Å². The summed E-state index contributed by atoms with van der Waals surface area (Å²) in [5, 5.41) is 14.0. The van der Waals surface area contributed by atoms with Gasteiger partial charge in [0, 0.05) is 12.2 Å². The topological polar surface area (TPSA) is 91.2 Å². The predicted molar refractivity (Wildman–Crippen MR) is 103 cm³/mol. The lowest BCUT2D eigenvalue weighted by Crippen LogP contribution is -2.28. The van der Waals surface area contributed by atoms with Gasteiger partial charge in [-0.15, -0.1) is 0 Å². The van der Waals surface area contributed by atoms with Gasteiger partial charge in [0.05, 0.1) is 6.07 Å². The predicted octanol–water partition coefficient (Wildman–Crippen LogP) is 3.16. The molecule has 140 valence electrons. The van der Waals surface area contributed by atoms with Crippen LogP contribution in [0.1, 0.15) is 28.7 Å². The van der Waals surface area contributed by atoms with Gasteiger partial charge in [-0.3, -0.25) is 9.59 Å². The van der Waals surface area contributed by atoms with Gasteiger partial charge >= 0.3 is 0 Å². The lowest BCUT2D eigenvalue weighted by atomic mass is 10.1. The van der Waals surface area contributed by atoms with Crippen LogP contribution >= 0.6 is 0 Å². The zero-order chi connectivity index (χ0) is 19.8. The number of nitrogens with zero attached hydrogens (tertiary/aromatic N) is 1. The van der Waals surface area contributed by atoms with Crippen LogP contribution in [0.15, 0.2) is 36.4 Å². The average Bonchev–Trinajstić information content (AvgIpc) is 2.63. The first-order chi connectivity index (χ1) is 12.9. The standard InChI is InChI=1S/C21H23N3O3/c1-14-7-8-15(2)21(16(14)3)27-13-20(26)23-12-17-5-4-6-18(11-17)24-19(25)9-10-22/h4-8,11H,9,12-13H2,1-3H3,(H,23,26)(H,24,25). The number of hydrogen-bond acceptors (Lipinski definition) is 4. The van der Waals surface area contributed by atoms with E-state index in [0.29, 0.717) is 12.2 Å². The molecule has 0 aliphatic rings. The number of benzene rings is 2. The van der Waals surface area contributed by atoms with Crippen LogP contribution in [0.25, 0.3) is 0 Å². The van der Waals surface area contributed by atoms with Crippen molar-refractivity contribution in [1.29, 1.82) is 5.26 Å². The molecule has 0 aromatic heterocycles. The molecule has 0 spiro atoms. The van der Waals surface area contributed by atoms with Gasteiger partial charge in [0.15, 0.2) is 6.61 Å². The van der Waals surface area contributed by atoms with Crippen LogP contribution in [-0.4, -0.2) is 18.4 Å². The molecule has 0 bridgehead atoms. The van der Waals surface area contributed by atoms with E-state index < -0.39 is 0 Å². The average molecular weight is 365 g/mol. The molecule has 27 heavy (non-hydrogen) atoms. The monoisotopic (exact) mass is 365 g/mol. The maximum Gasteiger partial charge on any atom is 0.258 e. The van der Waals surface area contributed by atoms with Crippen molar-refractivity contribution in [3.8, 4) is 11.8 Å². The molecule has 2 aromatic carbocycles. The lowest BCUT2D eigenvalue weighted by molar-refractivity contribution is -0.123. The van der Waals surface area contributed by atoms with Crippen molar-refractivity contribution in [2.45, 2.75) is 33.7 Å². The van der Waals surface area contributed by atoms with E-state index in [0.717, 1.165) is 28.0 Å². The third-order valence-corrected chi connectivity index (χ3v) is 4.16. The van der Waals surface area contributed by atoms with Crippen molar-refractivity contribution >= 4 is 17.5 Å². The molecular weight excluding hydrogens is 342 g/mol. The van der Waals surface area contributed by atoms with Gasteiger partial charge in [0.1, 0.15) is 12.2 Å². The number of nitrogens with one attached hydrogen (secondary N) is 2. The Morgan fingerprint density at radius 2 is 1.81 bits per heavy atom. The van der Waals surface area contributed by atoms with E-state index in [1.165, 1.54) is 0 Å². The molecule has 0 radical (unpaired) electrons. The van der Waals surface area contributed by atoms with Crippen LogP contribution in [0, 0.1) is 32.1 Å². The van der Waals surface area contributed by atoms with Gasteiger partial charge in [0.25, 0.3) is 5.91 Å². The van der Waals surface area contributed by atoms with Crippen molar-refractivity contribution in [3.05, 3.63) is 58.7 Å². The van der Waals surface area contributed by atoms with Gasteiger partial charge in [-0.2, -0.15) is 5.26 Å². The summed E-state index contributed by atoms with van der Waals surface area (Å²) in [4.78, 5) is 23.6. The number of aryl methyl sites for hydroxylation is 2. The fraction of sp³-hybridized carbons (Fsp3) is 0.286. The molecular formula is C21H23N3O3. The molecule has 0 heterocycles. The highest BCUT2D eigenvalue weighted by Gasteiger charge is 2.09. The Balaban J connectivity index is 1.88. The maximum atomic E-state index is 12.1. The molecule has 0 saturated carbocycles. The molecule has 0 unspecified atom stereocenters. The smallest absolute Gasteiger partial charge is 0.258 e.